The summed E-state index contributed by atoms with van der Waals surface area (Å²) in [6.45, 7) is 0.923. The Hall–Kier alpha value is -3.88. The largest absolute Gasteiger partial charge is 0.331 e. The lowest BCUT2D eigenvalue weighted by molar-refractivity contribution is 0.150. The molecule has 0 atom stereocenters. The minimum absolute atomic E-state index is 0.0139. The molecule has 1 N–H and O–H groups in total. The van der Waals surface area contributed by atoms with Crippen molar-refractivity contribution in [2.75, 3.05) is 27.2 Å². The molecule has 17 heteroatoms. The molecule has 1 aromatic carbocycles. The first-order chi connectivity index (χ1) is 19.9. The fourth-order valence-corrected chi connectivity index (χ4v) is 7.45. The number of nitriles is 1. The summed E-state index contributed by atoms with van der Waals surface area (Å²) in [5.74, 6) is -1.21. The van der Waals surface area contributed by atoms with Crippen LogP contribution in [0, 0.1) is 17.1 Å². The van der Waals surface area contributed by atoms with Crippen LogP contribution in [0.4, 0.5) is 18.0 Å². The predicted octanol–water partition coefficient (Wildman–Crippen LogP) is 3.70. The van der Waals surface area contributed by atoms with Crippen LogP contribution in [0.5, 0.6) is 0 Å². The number of rotatable bonds is 6. The van der Waals surface area contributed by atoms with Gasteiger partial charge in [0.15, 0.2) is 10.7 Å². The number of nitrogens with one attached hydrogen (secondary N) is 1. The summed E-state index contributed by atoms with van der Waals surface area (Å²) in [5, 5.41) is 17.0. The topological polar surface area (TPSA) is 150 Å². The lowest BCUT2D eigenvalue weighted by Crippen LogP contribution is -2.43. The van der Waals surface area contributed by atoms with Gasteiger partial charge in [-0.2, -0.15) is 9.98 Å². The van der Waals surface area contributed by atoms with E-state index in [1.807, 2.05) is 6.07 Å². The van der Waals surface area contributed by atoms with Gasteiger partial charge in [-0.15, -0.1) is 10.2 Å². The second kappa shape index (κ2) is 10.1. The van der Waals surface area contributed by atoms with E-state index in [4.69, 9.17) is 0 Å². The molecule has 2 fully saturated rings. The average molecular weight is 620 g/mol. The van der Waals surface area contributed by atoms with E-state index >= 15 is 4.39 Å². The highest BCUT2D eigenvalue weighted by Crippen LogP contribution is 2.41. The zero-order chi connectivity index (χ0) is 30.0. The van der Waals surface area contributed by atoms with Gasteiger partial charge in [0.2, 0.25) is 15.2 Å². The Kier molecular flexibility index (Phi) is 6.82. The minimum atomic E-state index is -4.48. The van der Waals surface area contributed by atoms with E-state index in [1.54, 1.807) is 19.0 Å². The standard InChI is InChI=1S/C25H24F3N9O3S2/c1-35(2)24(38)36-7-3-13(4-8-36)19-18-14-9-15(26)17(42(39,40)34-25(11-29)5-6-25)10-16(14)37(21(18)31-12-30-19)23-33-32-22(41-23)20(27)28/h9-10,12-13,20,34H,3-8H2,1-2H3. The third-order valence-corrected chi connectivity index (χ3v) is 10.0. The van der Waals surface area contributed by atoms with Crippen LogP contribution in [0.25, 0.3) is 27.1 Å². The van der Waals surface area contributed by atoms with E-state index in [1.165, 1.54) is 15.8 Å². The number of carbonyl (C=O) groups is 1. The van der Waals surface area contributed by atoms with Crippen LogP contribution in [0.1, 0.15) is 48.7 Å². The van der Waals surface area contributed by atoms with Gasteiger partial charge >= 0.3 is 6.03 Å². The summed E-state index contributed by atoms with van der Waals surface area (Å²) in [6, 6.07) is 3.95. The fourth-order valence-electron chi connectivity index (χ4n) is 5.27. The second-order valence-electron chi connectivity index (χ2n) is 10.6. The van der Waals surface area contributed by atoms with Crippen LogP contribution in [-0.4, -0.2) is 81.7 Å². The van der Waals surface area contributed by atoms with E-state index in [2.05, 4.69) is 24.9 Å². The third-order valence-electron chi connectivity index (χ3n) is 7.55. The quantitative estimate of drug-likeness (QED) is 0.343. The first-order valence-corrected chi connectivity index (χ1v) is 15.3. The molecule has 1 aliphatic heterocycles. The minimum Gasteiger partial charge on any atom is -0.331 e. The van der Waals surface area contributed by atoms with Crippen LogP contribution in [-0.2, 0) is 10.0 Å². The second-order valence-corrected chi connectivity index (χ2v) is 13.2. The number of nitrogens with zero attached hydrogens (tertiary/aromatic N) is 8. The van der Waals surface area contributed by atoms with E-state index < -0.39 is 37.7 Å². The van der Waals surface area contributed by atoms with Gasteiger partial charge in [0.1, 0.15) is 22.6 Å². The van der Waals surface area contributed by atoms with Gasteiger partial charge in [-0.05, 0) is 37.8 Å². The predicted molar refractivity (Wildman–Crippen MR) is 145 cm³/mol. The fraction of sp³-hybridized carbons (Fsp3) is 0.440. The number of benzene rings is 1. The maximum Gasteiger partial charge on any atom is 0.319 e. The van der Waals surface area contributed by atoms with Crippen molar-refractivity contribution in [3.05, 3.63) is 35.0 Å². The molecule has 1 saturated carbocycles. The van der Waals surface area contributed by atoms with Crippen molar-refractivity contribution in [1.82, 2.24) is 39.3 Å². The molecule has 3 aromatic heterocycles. The van der Waals surface area contributed by atoms with Crippen LogP contribution >= 0.6 is 11.3 Å². The van der Waals surface area contributed by atoms with Crippen molar-refractivity contribution in [3.63, 3.8) is 0 Å². The van der Waals surface area contributed by atoms with Gasteiger partial charge in [-0.3, -0.25) is 4.57 Å². The van der Waals surface area contributed by atoms with E-state index in [0.717, 1.165) is 12.1 Å². The molecule has 0 bridgehead atoms. The number of carbonyl (C=O) groups excluding carboxylic acids is 1. The summed E-state index contributed by atoms with van der Waals surface area (Å²) < 4.78 is 72.6. The number of urea groups is 1. The van der Waals surface area contributed by atoms with Crippen molar-refractivity contribution < 1.29 is 26.4 Å². The molecule has 2 aliphatic rings. The molecule has 1 saturated heterocycles. The van der Waals surface area contributed by atoms with Gasteiger partial charge in [0, 0.05) is 43.9 Å². The summed E-state index contributed by atoms with van der Waals surface area (Å²) in [5.41, 5.74) is -0.363. The van der Waals surface area contributed by atoms with Gasteiger partial charge in [0.05, 0.1) is 17.3 Å². The lowest BCUT2D eigenvalue weighted by Gasteiger charge is -2.33. The third kappa shape index (κ3) is 4.72. The van der Waals surface area contributed by atoms with E-state index in [0.29, 0.717) is 61.2 Å². The molecular formula is C25H24F3N9O3S2. The van der Waals surface area contributed by atoms with Crippen LogP contribution < -0.4 is 4.72 Å². The Labute approximate surface area is 241 Å². The van der Waals surface area contributed by atoms with Gasteiger partial charge in [-0.25, -0.2) is 36.4 Å². The van der Waals surface area contributed by atoms with Crippen LogP contribution in [0.3, 0.4) is 0 Å². The van der Waals surface area contributed by atoms with E-state index in [-0.39, 0.29) is 33.6 Å². The van der Waals surface area contributed by atoms with Gasteiger partial charge in [-0.1, -0.05) is 11.3 Å². The molecule has 2 amide bonds. The molecule has 0 spiro atoms. The SMILES string of the molecule is CN(C)C(=O)N1CCC(c2ncnc3c2c2cc(F)c(S(=O)(=O)NC4(C#N)CC4)cc2n3-c2nnc(C(F)F)s2)CC1. The highest BCUT2D eigenvalue weighted by Gasteiger charge is 2.47. The molecule has 220 valence electrons. The van der Waals surface area contributed by atoms with Crippen molar-refractivity contribution in [2.45, 2.75) is 48.5 Å². The number of likely N-dealkylation sites (tertiary alicyclic amines) is 1. The number of hydrogen-bond donors (Lipinski definition) is 1. The zero-order valence-corrected chi connectivity index (χ0v) is 24.0. The number of halogens is 3. The van der Waals surface area contributed by atoms with Crippen molar-refractivity contribution in [2.24, 2.45) is 0 Å². The molecule has 12 nitrogen and oxygen atoms in total. The molecular weight excluding hydrogens is 595 g/mol. The Morgan fingerprint density at radius 1 is 1.21 bits per heavy atom. The van der Waals surface area contributed by atoms with Gasteiger partial charge < -0.3 is 9.80 Å². The summed E-state index contributed by atoms with van der Waals surface area (Å²) in [6.07, 6.45) is 0.128. The summed E-state index contributed by atoms with van der Waals surface area (Å²) in [7, 11) is -1.13. The number of alkyl halides is 2. The Bertz CT molecular complexity index is 1870. The Morgan fingerprint density at radius 2 is 1.93 bits per heavy atom. The first-order valence-electron chi connectivity index (χ1n) is 13.0. The molecule has 6 rings (SSSR count). The lowest BCUT2D eigenvalue weighted by atomic mass is 9.91. The molecule has 1 aliphatic carbocycles. The summed E-state index contributed by atoms with van der Waals surface area (Å²) in [4.78, 5) is 23.9. The number of amides is 2. The maximum atomic E-state index is 15.6. The normalized spacial score (nSPS) is 17.2. The average Bonchev–Trinajstić information content (AvgIpc) is 3.41. The Balaban J connectivity index is 1.53. The molecule has 4 aromatic rings. The van der Waals surface area contributed by atoms with Crippen molar-refractivity contribution in [3.8, 4) is 11.2 Å². The highest BCUT2D eigenvalue weighted by molar-refractivity contribution is 7.89. The number of aromatic nitrogens is 5. The van der Waals surface area contributed by atoms with Crippen LogP contribution in [0.15, 0.2) is 23.4 Å². The van der Waals surface area contributed by atoms with E-state index in [9.17, 15) is 27.3 Å². The van der Waals surface area contributed by atoms with Crippen molar-refractivity contribution in [1.29, 1.82) is 5.26 Å². The zero-order valence-electron chi connectivity index (χ0n) is 22.4. The molecule has 42 heavy (non-hydrogen) atoms. The Morgan fingerprint density at radius 3 is 2.52 bits per heavy atom. The number of hydrogen-bond acceptors (Lipinski definition) is 9. The number of piperidine rings is 1. The summed E-state index contributed by atoms with van der Waals surface area (Å²) >= 11 is 0.597. The molecule has 0 unspecified atom stereocenters. The maximum absolute atomic E-state index is 15.6. The van der Waals surface area contributed by atoms with Crippen LogP contribution in [0.2, 0.25) is 0 Å². The molecule has 4 heterocycles. The first kappa shape index (κ1) is 28.2. The van der Waals surface area contributed by atoms with Gasteiger partial charge in [0.25, 0.3) is 6.43 Å². The smallest absolute Gasteiger partial charge is 0.319 e. The molecule has 0 radical (unpaired) electrons. The number of fused-ring (bicyclic) bond motifs is 3. The monoisotopic (exact) mass is 619 g/mol. The highest BCUT2D eigenvalue weighted by atomic mass is 32.2. The number of sulfonamides is 1. The van der Waals surface area contributed by atoms with Crippen molar-refractivity contribution >= 4 is 49.3 Å².